The molecule has 0 aliphatic rings. The first-order valence-electron chi connectivity index (χ1n) is 6.11. The summed E-state index contributed by atoms with van der Waals surface area (Å²) in [6.07, 6.45) is 0. The number of carbonyl (C=O) groups is 1. The molecule has 0 aliphatic carbocycles. The van der Waals surface area contributed by atoms with Crippen molar-refractivity contribution in [3.63, 3.8) is 0 Å². The van der Waals surface area contributed by atoms with E-state index in [1.54, 1.807) is 6.07 Å². The van der Waals surface area contributed by atoms with Gasteiger partial charge in [-0.3, -0.25) is 4.84 Å². The average molecular weight is 292 g/mol. The van der Waals surface area contributed by atoms with Crippen molar-refractivity contribution >= 4 is 5.97 Å². The van der Waals surface area contributed by atoms with Gasteiger partial charge in [-0.25, -0.2) is 10.3 Å². The number of esters is 1. The molecular weight excluding hydrogens is 276 g/mol. The Labute approximate surface area is 122 Å². The molecular formula is C14H16N2O5. The van der Waals surface area contributed by atoms with E-state index in [2.05, 4.69) is 10.2 Å². The summed E-state index contributed by atoms with van der Waals surface area (Å²) >= 11 is 0. The second-order valence-electron chi connectivity index (χ2n) is 3.76. The first-order valence-corrected chi connectivity index (χ1v) is 6.11. The summed E-state index contributed by atoms with van der Waals surface area (Å²) < 4.78 is 9.55. The topological polar surface area (TPSA) is 101 Å². The van der Waals surface area contributed by atoms with Gasteiger partial charge < -0.3 is 14.6 Å². The number of aliphatic hydroxyl groups excluding tert-OH is 1. The number of benzene rings is 1. The van der Waals surface area contributed by atoms with E-state index in [1.165, 1.54) is 0 Å². The van der Waals surface area contributed by atoms with Crippen LogP contribution in [0.1, 0.15) is 5.56 Å². The molecule has 0 spiro atoms. The maximum absolute atomic E-state index is 11.4. The monoisotopic (exact) mass is 292 g/mol. The lowest BCUT2D eigenvalue weighted by atomic mass is 10.2. The molecule has 0 saturated heterocycles. The van der Waals surface area contributed by atoms with Gasteiger partial charge >= 0.3 is 5.97 Å². The number of nitriles is 1. The minimum Gasteiger partial charge on any atom is -0.474 e. The standard InChI is InChI=1S/C14H16N2O5/c1-19-14(18)12(9-15)13(20-8-7-17)16-21-10-11-5-3-2-4-6-11/h2-6,16-17H,7-8,10H2,1H3/b13-12-. The molecule has 2 N–H and O–H groups in total. The zero-order valence-electron chi connectivity index (χ0n) is 11.5. The molecule has 0 aromatic heterocycles. The van der Waals surface area contributed by atoms with E-state index >= 15 is 0 Å². The van der Waals surface area contributed by atoms with Crippen molar-refractivity contribution in [1.82, 2.24) is 5.48 Å². The van der Waals surface area contributed by atoms with Crippen molar-refractivity contribution < 1.29 is 24.2 Å². The second-order valence-corrected chi connectivity index (χ2v) is 3.76. The van der Waals surface area contributed by atoms with Gasteiger partial charge in [0, 0.05) is 0 Å². The number of methoxy groups -OCH3 is 1. The molecule has 0 radical (unpaired) electrons. The second kappa shape index (κ2) is 9.36. The van der Waals surface area contributed by atoms with Crippen molar-refractivity contribution in [3.8, 4) is 6.07 Å². The van der Waals surface area contributed by atoms with E-state index in [-0.39, 0.29) is 31.3 Å². The molecule has 7 nitrogen and oxygen atoms in total. The minimum absolute atomic E-state index is 0.0980. The van der Waals surface area contributed by atoms with Crippen LogP contribution in [0.15, 0.2) is 41.8 Å². The Kier molecular flexibility index (Phi) is 7.35. The zero-order valence-corrected chi connectivity index (χ0v) is 11.5. The van der Waals surface area contributed by atoms with E-state index in [4.69, 9.17) is 19.9 Å². The van der Waals surface area contributed by atoms with Crippen LogP contribution < -0.4 is 5.48 Å². The van der Waals surface area contributed by atoms with Crippen LogP contribution in [0.2, 0.25) is 0 Å². The third kappa shape index (κ3) is 5.52. The molecule has 0 amide bonds. The van der Waals surface area contributed by atoms with Gasteiger partial charge in [-0.05, 0) is 5.56 Å². The van der Waals surface area contributed by atoms with Gasteiger partial charge in [0.25, 0.3) is 0 Å². The number of aliphatic hydroxyl groups is 1. The smallest absolute Gasteiger partial charge is 0.354 e. The van der Waals surface area contributed by atoms with E-state index in [0.717, 1.165) is 12.7 Å². The summed E-state index contributed by atoms with van der Waals surface area (Å²) in [5.41, 5.74) is 2.91. The van der Waals surface area contributed by atoms with Gasteiger partial charge in [0.15, 0.2) is 5.57 Å². The molecule has 0 bridgehead atoms. The van der Waals surface area contributed by atoms with E-state index in [1.807, 2.05) is 30.3 Å². The van der Waals surface area contributed by atoms with Crippen LogP contribution >= 0.6 is 0 Å². The molecule has 1 aromatic carbocycles. The lowest BCUT2D eigenvalue weighted by molar-refractivity contribution is -0.136. The summed E-state index contributed by atoms with van der Waals surface area (Å²) in [4.78, 5) is 16.6. The fraction of sp³-hybridized carbons (Fsp3) is 0.286. The van der Waals surface area contributed by atoms with Crippen LogP contribution in [0.25, 0.3) is 0 Å². The van der Waals surface area contributed by atoms with Gasteiger partial charge in [0.2, 0.25) is 5.88 Å². The highest BCUT2D eigenvalue weighted by atomic mass is 16.7. The lowest BCUT2D eigenvalue weighted by Gasteiger charge is -2.13. The molecule has 0 fully saturated rings. The van der Waals surface area contributed by atoms with Crippen LogP contribution in [0.3, 0.4) is 0 Å². The summed E-state index contributed by atoms with van der Waals surface area (Å²) in [5.74, 6) is -1.06. The Morgan fingerprint density at radius 1 is 1.38 bits per heavy atom. The van der Waals surface area contributed by atoms with Gasteiger partial charge in [-0.2, -0.15) is 5.26 Å². The molecule has 112 valence electrons. The van der Waals surface area contributed by atoms with Crippen molar-refractivity contribution in [1.29, 1.82) is 5.26 Å². The highest BCUT2D eigenvalue weighted by molar-refractivity contribution is 5.93. The first kappa shape index (κ1) is 16.5. The summed E-state index contributed by atoms with van der Waals surface area (Å²) in [7, 11) is 1.15. The third-order valence-corrected chi connectivity index (χ3v) is 2.31. The van der Waals surface area contributed by atoms with Crippen molar-refractivity contribution in [2.75, 3.05) is 20.3 Å². The van der Waals surface area contributed by atoms with Crippen LogP contribution in [0.4, 0.5) is 0 Å². The Morgan fingerprint density at radius 2 is 2.10 bits per heavy atom. The number of hydrogen-bond acceptors (Lipinski definition) is 7. The van der Waals surface area contributed by atoms with Crippen molar-refractivity contribution in [2.45, 2.75) is 6.61 Å². The van der Waals surface area contributed by atoms with E-state index in [0.29, 0.717) is 0 Å². The average Bonchev–Trinajstić information content (AvgIpc) is 2.53. The minimum atomic E-state index is -0.860. The van der Waals surface area contributed by atoms with E-state index < -0.39 is 5.97 Å². The third-order valence-electron chi connectivity index (χ3n) is 2.31. The normalized spacial score (nSPS) is 11.1. The maximum atomic E-state index is 11.4. The zero-order chi connectivity index (χ0) is 15.5. The Balaban J connectivity index is 2.72. The summed E-state index contributed by atoms with van der Waals surface area (Å²) in [6, 6.07) is 11.0. The predicted molar refractivity (Wildman–Crippen MR) is 72.1 cm³/mol. The maximum Gasteiger partial charge on any atom is 0.354 e. The summed E-state index contributed by atoms with van der Waals surface area (Å²) in [5, 5.41) is 17.7. The van der Waals surface area contributed by atoms with Gasteiger partial charge in [0.1, 0.15) is 12.7 Å². The number of carbonyl (C=O) groups excluding carboxylic acids is 1. The number of nitrogens with zero attached hydrogens (tertiary/aromatic N) is 1. The molecule has 0 saturated carbocycles. The van der Waals surface area contributed by atoms with Gasteiger partial charge in [0.05, 0.1) is 20.3 Å². The fourth-order valence-electron chi connectivity index (χ4n) is 1.35. The van der Waals surface area contributed by atoms with E-state index in [9.17, 15) is 4.79 Å². The number of hydroxylamine groups is 1. The van der Waals surface area contributed by atoms with Crippen molar-refractivity contribution in [3.05, 3.63) is 47.4 Å². The van der Waals surface area contributed by atoms with Gasteiger partial charge in [-0.1, -0.05) is 30.3 Å². The highest BCUT2D eigenvalue weighted by Gasteiger charge is 2.18. The van der Waals surface area contributed by atoms with Crippen LogP contribution in [0, 0.1) is 11.3 Å². The molecule has 7 heteroatoms. The summed E-state index contributed by atoms with van der Waals surface area (Å²) in [6.45, 7) is -0.171. The molecule has 1 aromatic rings. The van der Waals surface area contributed by atoms with Crippen LogP contribution in [-0.4, -0.2) is 31.4 Å². The number of rotatable bonds is 8. The van der Waals surface area contributed by atoms with Gasteiger partial charge in [-0.15, -0.1) is 0 Å². The molecule has 0 unspecified atom stereocenters. The number of ether oxygens (including phenoxy) is 2. The highest BCUT2D eigenvalue weighted by Crippen LogP contribution is 2.06. The van der Waals surface area contributed by atoms with Crippen LogP contribution in [-0.2, 0) is 25.7 Å². The predicted octanol–water partition coefficient (Wildman–Crippen LogP) is 0.625. The quantitative estimate of drug-likeness (QED) is 0.238. The number of hydrogen-bond donors (Lipinski definition) is 2. The SMILES string of the molecule is COC(=O)/C(C#N)=C(/NOCc1ccccc1)OCCO. The van der Waals surface area contributed by atoms with Crippen LogP contribution in [0.5, 0.6) is 0 Å². The molecule has 0 heterocycles. The molecule has 21 heavy (non-hydrogen) atoms. The Hall–Kier alpha value is -2.56. The Morgan fingerprint density at radius 3 is 2.67 bits per heavy atom. The molecule has 1 rings (SSSR count). The fourth-order valence-corrected chi connectivity index (χ4v) is 1.35. The molecule has 0 aliphatic heterocycles. The number of nitrogens with one attached hydrogen (secondary N) is 1. The van der Waals surface area contributed by atoms with Crippen molar-refractivity contribution in [2.24, 2.45) is 0 Å². The Bertz CT molecular complexity index is 522. The molecule has 0 atom stereocenters. The first-order chi connectivity index (χ1) is 10.2. The lowest BCUT2D eigenvalue weighted by Crippen LogP contribution is -2.22. The largest absolute Gasteiger partial charge is 0.474 e.